The highest BCUT2D eigenvalue weighted by molar-refractivity contribution is 5.41. The first-order valence-electron chi connectivity index (χ1n) is 8.57. The van der Waals surface area contributed by atoms with E-state index in [2.05, 4.69) is 49.0 Å². The molecule has 0 aromatic carbocycles. The minimum Gasteiger partial charge on any atom is -0.350 e. The van der Waals surface area contributed by atoms with Gasteiger partial charge in [-0.15, -0.1) is 0 Å². The van der Waals surface area contributed by atoms with Crippen LogP contribution >= 0.6 is 0 Å². The van der Waals surface area contributed by atoms with Gasteiger partial charge >= 0.3 is 0 Å². The van der Waals surface area contributed by atoms with E-state index < -0.39 is 0 Å². The van der Waals surface area contributed by atoms with Gasteiger partial charge in [0, 0.05) is 43.6 Å². The Kier molecular flexibility index (Phi) is 3.99. The van der Waals surface area contributed by atoms with Crippen LogP contribution in [0.5, 0.6) is 0 Å². The molecule has 0 bridgehead atoms. The van der Waals surface area contributed by atoms with Crippen LogP contribution in [-0.4, -0.2) is 50.2 Å². The quantitative estimate of drug-likeness (QED) is 0.916. The van der Waals surface area contributed by atoms with Gasteiger partial charge in [-0.2, -0.15) is 5.10 Å². The summed E-state index contributed by atoms with van der Waals surface area (Å²) in [5.41, 5.74) is 2.29. The normalized spacial score (nSPS) is 19.9. The van der Waals surface area contributed by atoms with Gasteiger partial charge < -0.3 is 4.90 Å². The highest BCUT2D eigenvalue weighted by atomic mass is 15.3. The second-order valence-corrected chi connectivity index (χ2v) is 6.76. The third-order valence-electron chi connectivity index (χ3n) is 4.87. The predicted molar refractivity (Wildman–Crippen MR) is 89.2 cm³/mol. The SMILES string of the molecule is Cc1cc(CN2CCC(N(c3ccncn3)C3CC3)CC2)n[nH]1. The molecule has 0 spiro atoms. The number of aromatic amines is 1. The number of hydrogen-bond acceptors (Lipinski definition) is 5. The first kappa shape index (κ1) is 14.6. The third kappa shape index (κ3) is 3.37. The fourth-order valence-electron chi connectivity index (χ4n) is 3.60. The molecule has 2 aliphatic rings. The van der Waals surface area contributed by atoms with Crippen molar-refractivity contribution in [2.24, 2.45) is 0 Å². The number of anilines is 1. The van der Waals surface area contributed by atoms with E-state index in [1.807, 2.05) is 6.20 Å². The molecule has 0 unspecified atom stereocenters. The molecule has 1 aliphatic heterocycles. The molecule has 3 heterocycles. The zero-order valence-corrected chi connectivity index (χ0v) is 13.6. The number of likely N-dealkylation sites (tertiary alicyclic amines) is 1. The van der Waals surface area contributed by atoms with Gasteiger partial charge in [-0.05, 0) is 44.7 Å². The average Bonchev–Trinajstić information content (AvgIpc) is 3.33. The lowest BCUT2D eigenvalue weighted by molar-refractivity contribution is 0.198. The van der Waals surface area contributed by atoms with Crippen molar-refractivity contribution in [3.05, 3.63) is 36.0 Å². The van der Waals surface area contributed by atoms with E-state index in [4.69, 9.17) is 0 Å². The monoisotopic (exact) mass is 312 g/mol. The second kappa shape index (κ2) is 6.28. The van der Waals surface area contributed by atoms with E-state index in [0.717, 1.165) is 36.8 Å². The lowest BCUT2D eigenvalue weighted by Gasteiger charge is -2.39. The van der Waals surface area contributed by atoms with E-state index in [1.165, 1.54) is 25.7 Å². The maximum atomic E-state index is 4.49. The largest absolute Gasteiger partial charge is 0.350 e. The van der Waals surface area contributed by atoms with Crippen LogP contribution in [0.2, 0.25) is 0 Å². The standard InChI is InChI=1S/C17H24N6/c1-13-10-14(21-20-13)11-22-8-5-16(6-9-22)23(15-2-3-15)17-4-7-18-12-19-17/h4,7,10,12,15-16H,2-3,5-6,8-9,11H2,1H3,(H,20,21). The van der Waals surface area contributed by atoms with E-state index in [9.17, 15) is 0 Å². The number of aromatic nitrogens is 4. The van der Waals surface area contributed by atoms with Crippen molar-refractivity contribution in [3.63, 3.8) is 0 Å². The van der Waals surface area contributed by atoms with Gasteiger partial charge in [0.25, 0.3) is 0 Å². The number of nitrogens with one attached hydrogen (secondary N) is 1. The summed E-state index contributed by atoms with van der Waals surface area (Å²) in [6.07, 6.45) is 8.52. The molecule has 6 nitrogen and oxygen atoms in total. The van der Waals surface area contributed by atoms with Crippen molar-refractivity contribution in [1.29, 1.82) is 0 Å². The summed E-state index contributed by atoms with van der Waals surface area (Å²) in [6, 6.07) is 5.49. The van der Waals surface area contributed by atoms with E-state index in [0.29, 0.717) is 12.1 Å². The Labute approximate surface area is 136 Å². The molecule has 0 amide bonds. The summed E-state index contributed by atoms with van der Waals surface area (Å²) in [6.45, 7) is 5.27. The molecule has 4 rings (SSSR count). The molecule has 122 valence electrons. The zero-order chi connectivity index (χ0) is 15.6. The highest BCUT2D eigenvalue weighted by Crippen LogP contribution is 2.35. The third-order valence-corrected chi connectivity index (χ3v) is 4.87. The molecule has 1 aliphatic carbocycles. The van der Waals surface area contributed by atoms with E-state index in [1.54, 1.807) is 6.33 Å². The molecular formula is C17H24N6. The zero-order valence-electron chi connectivity index (χ0n) is 13.6. The van der Waals surface area contributed by atoms with E-state index >= 15 is 0 Å². The maximum Gasteiger partial charge on any atom is 0.132 e. The molecule has 0 radical (unpaired) electrons. The molecule has 6 heteroatoms. The number of piperidine rings is 1. The summed E-state index contributed by atoms with van der Waals surface area (Å²) in [5.74, 6) is 1.10. The smallest absolute Gasteiger partial charge is 0.132 e. The van der Waals surface area contributed by atoms with Gasteiger partial charge in [0.05, 0.1) is 5.69 Å². The van der Waals surface area contributed by atoms with Crippen LogP contribution in [0.25, 0.3) is 0 Å². The Hall–Kier alpha value is -1.95. The molecule has 1 N–H and O–H groups in total. The first-order chi connectivity index (χ1) is 11.3. The van der Waals surface area contributed by atoms with Crippen molar-refractivity contribution < 1.29 is 0 Å². The van der Waals surface area contributed by atoms with Crippen LogP contribution in [0.15, 0.2) is 24.7 Å². The molecule has 2 aromatic rings. The lowest BCUT2D eigenvalue weighted by atomic mass is 10.0. The predicted octanol–water partition coefficient (Wildman–Crippen LogP) is 2.14. The maximum absolute atomic E-state index is 4.49. The average molecular weight is 312 g/mol. The summed E-state index contributed by atoms with van der Waals surface area (Å²) < 4.78 is 0. The van der Waals surface area contributed by atoms with Gasteiger partial charge in [-0.25, -0.2) is 9.97 Å². The Bertz CT molecular complexity index is 628. The summed E-state index contributed by atoms with van der Waals surface area (Å²) in [7, 11) is 0. The van der Waals surface area contributed by atoms with Crippen LogP contribution in [0.4, 0.5) is 5.82 Å². The molecule has 2 fully saturated rings. The molecular weight excluding hydrogens is 288 g/mol. The number of nitrogens with zero attached hydrogens (tertiary/aromatic N) is 5. The fourth-order valence-corrected chi connectivity index (χ4v) is 3.60. The van der Waals surface area contributed by atoms with Gasteiger partial charge in [0.2, 0.25) is 0 Å². The van der Waals surface area contributed by atoms with Crippen molar-refractivity contribution >= 4 is 5.82 Å². The van der Waals surface area contributed by atoms with E-state index in [-0.39, 0.29) is 0 Å². The van der Waals surface area contributed by atoms with Crippen molar-refractivity contribution in [3.8, 4) is 0 Å². The van der Waals surface area contributed by atoms with Crippen molar-refractivity contribution in [2.75, 3.05) is 18.0 Å². The topological polar surface area (TPSA) is 60.9 Å². The van der Waals surface area contributed by atoms with Crippen molar-refractivity contribution in [2.45, 2.75) is 51.2 Å². The number of rotatable bonds is 5. The molecule has 23 heavy (non-hydrogen) atoms. The Balaban J connectivity index is 1.38. The van der Waals surface area contributed by atoms with Crippen LogP contribution in [0, 0.1) is 6.92 Å². The van der Waals surface area contributed by atoms with Crippen LogP contribution < -0.4 is 4.90 Å². The summed E-state index contributed by atoms with van der Waals surface area (Å²) in [4.78, 5) is 13.6. The van der Waals surface area contributed by atoms with Gasteiger partial charge in [-0.1, -0.05) is 0 Å². The number of hydrogen-bond donors (Lipinski definition) is 1. The van der Waals surface area contributed by atoms with Crippen LogP contribution in [0.3, 0.4) is 0 Å². The lowest BCUT2D eigenvalue weighted by Crippen LogP contribution is -2.46. The minimum atomic E-state index is 0.606. The fraction of sp³-hybridized carbons (Fsp3) is 0.588. The van der Waals surface area contributed by atoms with Gasteiger partial charge in [0.15, 0.2) is 0 Å². The molecule has 2 aromatic heterocycles. The van der Waals surface area contributed by atoms with Crippen LogP contribution in [-0.2, 0) is 6.54 Å². The Morgan fingerprint density at radius 1 is 1.22 bits per heavy atom. The molecule has 1 saturated heterocycles. The highest BCUT2D eigenvalue weighted by Gasteiger charge is 2.36. The summed E-state index contributed by atoms with van der Waals surface area (Å²) >= 11 is 0. The minimum absolute atomic E-state index is 0.606. The molecule has 0 atom stereocenters. The first-order valence-corrected chi connectivity index (χ1v) is 8.57. The molecule has 1 saturated carbocycles. The Morgan fingerprint density at radius 2 is 2.00 bits per heavy atom. The van der Waals surface area contributed by atoms with Crippen molar-refractivity contribution in [1.82, 2.24) is 25.1 Å². The number of aryl methyl sites for hydroxylation is 1. The summed E-state index contributed by atoms with van der Waals surface area (Å²) in [5, 5.41) is 7.39. The van der Waals surface area contributed by atoms with Crippen LogP contribution in [0.1, 0.15) is 37.1 Å². The number of H-pyrrole nitrogens is 1. The van der Waals surface area contributed by atoms with Gasteiger partial charge in [-0.3, -0.25) is 10.00 Å². The Morgan fingerprint density at radius 3 is 2.61 bits per heavy atom. The second-order valence-electron chi connectivity index (χ2n) is 6.76. The van der Waals surface area contributed by atoms with Gasteiger partial charge in [0.1, 0.15) is 12.1 Å².